The van der Waals surface area contributed by atoms with Gasteiger partial charge < -0.3 is 28.7 Å². The van der Waals surface area contributed by atoms with Gasteiger partial charge >= 0.3 is 0 Å². The van der Waals surface area contributed by atoms with Gasteiger partial charge in [-0.15, -0.1) is 23.5 Å². The van der Waals surface area contributed by atoms with Gasteiger partial charge in [-0.1, -0.05) is 59.6 Å². The number of halogens is 4. The fraction of sp³-hybridized carbons (Fsp3) is 0.180. The molecule has 0 spiro atoms. The first-order valence-corrected chi connectivity index (χ1v) is 27.5. The van der Waals surface area contributed by atoms with Crippen molar-refractivity contribution in [2.45, 2.75) is 39.8 Å². The van der Waals surface area contributed by atoms with Gasteiger partial charge in [0.05, 0.1) is 62.4 Å². The largest absolute Gasteiger partial charge is 0.497 e. The van der Waals surface area contributed by atoms with Crippen LogP contribution in [0.15, 0.2) is 192 Å². The number of nitrogens with zero attached hydrogens (tertiary/aromatic N) is 6. The van der Waals surface area contributed by atoms with Crippen LogP contribution in [-0.4, -0.2) is 50.6 Å². The van der Waals surface area contributed by atoms with E-state index in [0.29, 0.717) is 16.5 Å². The Bertz CT molecular complexity index is 3280. The van der Waals surface area contributed by atoms with Crippen LogP contribution in [0.3, 0.4) is 0 Å². The van der Waals surface area contributed by atoms with Crippen molar-refractivity contribution in [3.63, 3.8) is 0 Å². The smallest absolute Gasteiger partial charge is 0.146 e. The Labute approximate surface area is 464 Å². The maximum atomic E-state index is 14.5. The van der Waals surface area contributed by atoms with Crippen molar-refractivity contribution in [1.29, 1.82) is 0 Å². The van der Waals surface area contributed by atoms with E-state index >= 15 is 0 Å². The molecular weight excluding hydrogens is 1050 g/mol. The highest BCUT2D eigenvalue weighted by Crippen LogP contribution is 2.58. The number of hydrogen-bond donors (Lipinski definition) is 0. The maximum absolute atomic E-state index is 14.5. The predicted molar refractivity (Wildman–Crippen MR) is 309 cm³/mol. The maximum Gasteiger partial charge on any atom is 0.146 e. The average molecular weight is 1100 g/mol. The first kappa shape index (κ1) is 50.5. The SMILES string of the molecule is COc1ccc(N2N=C3C(SC(c4cc(Cc5ccc(OC)c(C6SC7C(=NN(c8ccc(OC)cc8)C7c7ccc(F)cc7)N6c6ccc(Cl)cc6)c5)ccc4OC)N3c3ccc(Cl)cc3)C2c2ccc(F)cc2)cc1. The van der Waals surface area contributed by atoms with Crippen LogP contribution in [0.25, 0.3) is 0 Å². The van der Waals surface area contributed by atoms with E-state index < -0.39 is 0 Å². The second-order valence-electron chi connectivity index (χ2n) is 18.8. The van der Waals surface area contributed by atoms with E-state index in [0.717, 1.165) is 90.8 Å². The van der Waals surface area contributed by atoms with Gasteiger partial charge in [0.2, 0.25) is 0 Å². The number of fused-ring (bicyclic) bond motifs is 2. The lowest BCUT2D eigenvalue weighted by molar-refractivity contribution is 0.409. The summed E-state index contributed by atoms with van der Waals surface area (Å²) >= 11 is 16.6. The Morgan fingerprint density at radius 1 is 0.442 bits per heavy atom. The lowest BCUT2D eigenvalue weighted by Gasteiger charge is -2.30. The molecule has 0 N–H and O–H groups in total. The Morgan fingerprint density at radius 3 is 1.16 bits per heavy atom. The Kier molecular flexibility index (Phi) is 13.9. The number of hydrogen-bond acceptors (Lipinski definition) is 12. The molecule has 4 aliphatic rings. The van der Waals surface area contributed by atoms with Crippen LogP contribution in [0.2, 0.25) is 10.0 Å². The summed E-state index contributed by atoms with van der Waals surface area (Å²) in [6.07, 6.45) is 0.590. The van der Waals surface area contributed by atoms with Gasteiger partial charge in [-0.2, -0.15) is 10.2 Å². The summed E-state index contributed by atoms with van der Waals surface area (Å²) in [5, 5.41) is 15.2. The van der Waals surface area contributed by atoms with Gasteiger partial charge in [0.25, 0.3) is 0 Å². The van der Waals surface area contributed by atoms with Crippen LogP contribution in [0.5, 0.6) is 23.0 Å². The summed E-state index contributed by atoms with van der Waals surface area (Å²) in [5.74, 6) is 4.03. The predicted octanol–water partition coefficient (Wildman–Crippen LogP) is 15.3. The third kappa shape index (κ3) is 9.55. The molecule has 6 atom stereocenters. The average Bonchev–Trinajstić information content (AvgIpc) is 4.44. The molecule has 10 nitrogen and oxygen atoms in total. The van der Waals surface area contributed by atoms with Crippen LogP contribution in [0.4, 0.5) is 31.5 Å². The molecule has 0 aromatic heterocycles. The molecule has 16 heteroatoms. The zero-order valence-corrected chi connectivity index (χ0v) is 45.3. The second kappa shape index (κ2) is 21.2. The number of anilines is 4. The van der Waals surface area contributed by atoms with Crippen molar-refractivity contribution in [2.75, 3.05) is 48.3 Å². The van der Waals surface area contributed by atoms with Gasteiger partial charge in [0, 0.05) is 32.5 Å². The molecule has 0 radical (unpaired) electrons. The summed E-state index contributed by atoms with van der Waals surface area (Å²) in [7, 11) is 6.70. The van der Waals surface area contributed by atoms with E-state index in [1.165, 1.54) is 24.3 Å². The molecule has 4 heterocycles. The number of rotatable bonds is 14. The lowest BCUT2D eigenvalue weighted by Crippen LogP contribution is -2.31. The van der Waals surface area contributed by atoms with E-state index in [-0.39, 0.29) is 45.0 Å². The lowest BCUT2D eigenvalue weighted by atomic mass is 9.99. The molecule has 4 aliphatic heterocycles. The van der Waals surface area contributed by atoms with Crippen molar-refractivity contribution < 1.29 is 27.7 Å². The molecular formula is C61H50Cl2F2N6O4S2. The van der Waals surface area contributed by atoms with Crippen LogP contribution in [0, 0.1) is 11.6 Å². The molecule has 6 unspecified atom stereocenters. The minimum atomic E-state index is -0.306. The van der Waals surface area contributed by atoms with Gasteiger partial charge in [-0.05, 0) is 174 Å². The van der Waals surface area contributed by atoms with E-state index in [1.54, 1.807) is 52.0 Å². The van der Waals surface area contributed by atoms with Crippen molar-refractivity contribution in [3.8, 4) is 23.0 Å². The standard InChI is InChI=1S/C61H50Cl2F2N6O4S2/c1-72-48-27-23-46(24-28-48)70-54(38-7-15-42(64)16-8-38)56-58(66-70)68(44-19-11-40(62)12-20-44)60(76-56)50-34-36(5-31-52(50)74-3)33-37-6-32-53(75-4)51(35-37)61-69(45-21-13-41(63)14-22-45)59-57(77-61)55(39-9-17-43(65)18-10-39)71(67-59)47-25-29-49(73-2)30-26-47/h5-32,34-35,54-57,60-61H,33H2,1-4H3. The topological polar surface area (TPSA) is 74.6 Å². The number of ether oxygens (including phenoxy) is 4. The van der Waals surface area contributed by atoms with E-state index in [4.69, 9.17) is 52.4 Å². The van der Waals surface area contributed by atoms with Gasteiger partial charge in [-0.25, -0.2) is 8.78 Å². The Balaban J connectivity index is 0.922. The molecule has 0 aliphatic carbocycles. The van der Waals surface area contributed by atoms with Crippen molar-refractivity contribution in [2.24, 2.45) is 10.2 Å². The summed E-state index contributed by atoms with van der Waals surface area (Å²) in [5.41, 5.74) is 9.53. The Hall–Kier alpha value is -7.36. The summed E-state index contributed by atoms with van der Waals surface area (Å²) in [6.45, 7) is 0. The molecule has 77 heavy (non-hydrogen) atoms. The monoisotopic (exact) mass is 1100 g/mol. The number of methoxy groups -OCH3 is 4. The molecule has 0 bridgehead atoms. The minimum Gasteiger partial charge on any atom is -0.497 e. The van der Waals surface area contributed by atoms with Crippen molar-refractivity contribution in [1.82, 2.24) is 0 Å². The van der Waals surface area contributed by atoms with Crippen LogP contribution < -0.4 is 38.8 Å². The fourth-order valence-electron chi connectivity index (χ4n) is 10.7. The summed E-state index contributed by atoms with van der Waals surface area (Å²) in [6, 6.07) is 57.0. The van der Waals surface area contributed by atoms with Crippen molar-refractivity contribution >= 4 is 81.1 Å². The molecule has 388 valence electrons. The van der Waals surface area contributed by atoms with E-state index in [9.17, 15) is 8.78 Å². The molecule has 0 amide bonds. The van der Waals surface area contributed by atoms with Gasteiger partial charge in [-0.3, -0.25) is 10.0 Å². The second-order valence-corrected chi connectivity index (χ2v) is 22.2. The third-order valence-corrected chi connectivity index (χ3v) is 17.9. The Morgan fingerprint density at radius 2 is 0.805 bits per heavy atom. The van der Waals surface area contributed by atoms with Crippen LogP contribution >= 0.6 is 46.7 Å². The van der Waals surface area contributed by atoms with Crippen LogP contribution in [0.1, 0.15) is 56.2 Å². The first-order valence-electron chi connectivity index (χ1n) is 24.9. The molecule has 8 aromatic carbocycles. The molecule has 12 rings (SSSR count). The number of amidine groups is 2. The van der Waals surface area contributed by atoms with E-state index in [2.05, 4.69) is 34.1 Å². The van der Waals surface area contributed by atoms with Gasteiger partial charge in [0.15, 0.2) is 0 Å². The molecule has 8 aromatic rings. The van der Waals surface area contributed by atoms with E-state index in [1.807, 2.05) is 143 Å². The normalized spacial score (nSPS) is 20.5. The fourth-order valence-corrected chi connectivity index (χ4v) is 14.3. The highest BCUT2D eigenvalue weighted by molar-refractivity contribution is 8.02. The number of thioether (sulfide) groups is 2. The first-order chi connectivity index (χ1) is 37.6. The van der Waals surface area contributed by atoms with Crippen LogP contribution in [-0.2, 0) is 6.42 Å². The molecule has 0 saturated carbocycles. The zero-order valence-electron chi connectivity index (χ0n) is 42.1. The minimum absolute atomic E-state index is 0.178. The highest BCUT2D eigenvalue weighted by atomic mass is 35.5. The number of hydrazone groups is 2. The summed E-state index contributed by atoms with van der Waals surface area (Å²) < 4.78 is 52.5. The number of benzene rings is 8. The van der Waals surface area contributed by atoms with Gasteiger partial charge in [0.1, 0.15) is 57.1 Å². The summed E-state index contributed by atoms with van der Waals surface area (Å²) in [4.78, 5) is 4.55. The molecule has 2 fully saturated rings. The quantitative estimate of drug-likeness (QED) is 0.105. The zero-order chi connectivity index (χ0) is 52.9. The third-order valence-electron chi connectivity index (χ3n) is 14.4. The van der Waals surface area contributed by atoms with Crippen molar-refractivity contribution in [3.05, 3.63) is 237 Å². The highest BCUT2D eigenvalue weighted by Gasteiger charge is 2.53. The molecule has 2 saturated heterocycles.